The molecule has 106 valence electrons. The highest BCUT2D eigenvalue weighted by Gasteiger charge is 2.14. The quantitative estimate of drug-likeness (QED) is 0.917. The van der Waals surface area contributed by atoms with Crippen LogP contribution < -0.4 is 4.72 Å². The number of hydrogen-bond donors (Lipinski definition) is 1. The van der Waals surface area contributed by atoms with Crippen molar-refractivity contribution >= 4 is 26.0 Å². The first-order valence-electron chi connectivity index (χ1n) is 6.05. The summed E-state index contributed by atoms with van der Waals surface area (Å²) in [5, 5.41) is 0. The van der Waals surface area contributed by atoms with Gasteiger partial charge in [-0.2, -0.15) is 0 Å². The number of halogens is 1. The summed E-state index contributed by atoms with van der Waals surface area (Å²) in [4.78, 5) is 4.25. The molecule has 0 aliphatic heterocycles. The van der Waals surface area contributed by atoms with Crippen LogP contribution in [-0.4, -0.2) is 13.4 Å². The highest BCUT2D eigenvalue weighted by molar-refractivity contribution is 9.10. The van der Waals surface area contributed by atoms with E-state index in [-0.39, 0.29) is 11.4 Å². The Labute approximate surface area is 127 Å². The molecule has 1 aromatic carbocycles. The molecular weight excluding hydrogens is 340 g/mol. The molecule has 0 bridgehead atoms. The smallest absolute Gasteiger partial charge is 0.240 e. The zero-order valence-electron chi connectivity index (χ0n) is 11.2. The number of hydrogen-bond acceptors (Lipinski definition) is 3. The Morgan fingerprint density at radius 2 is 1.95 bits per heavy atom. The molecule has 4 nitrogen and oxygen atoms in total. The molecule has 0 fully saturated rings. The van der Waals surface area contributed by atoms with E-state index in [0.29, 0.717) is 0 Å². The van der Waals surface area contributed by atoms with Crippen molar-refractivity contribution in [1.82, 2.24) is 9.71 Å². The molecule has 0 amide bonds. The van der Waals surface area contributed by atoms with E-state index in [1.807, 2.05) is 19.9 Å². The summed E-state index contributed by atoms with van der Waals surface area (Å²) < 4.78 is 28.0. The van der Waals surface area contributed by atoms with Gasteiger partial charge in [0.25, 0.3) is 0 Å². The molecule has 20 heavy (non-hydrogen) atoms. The third-order valence-electron chi connectivity index (χ3n) is 3.03. The number of nitrogens with zero attached hydrogens (tertiary/aromatic N) is 1. The first-order chi connectivity index (χ1) is 9.40. The third kappa shape index (κ3) is 3.45. The molecule has 0 saturated carbocycles. The first kappa shape index (κ1) is 15.2. The molecule has 0 spiro atoms. The van der Waals surface area contributed by atoms with Gasteiger partial charge >= 0.3 is 0 Å². The van der Waals surface area contributed by atoms with Crippen LogP contribution in [0.1, 0.15) is 16.7 Å². The van der Waals surface area contributed by atoms with Gasteiger partial charge in [0.05, 0.1) is 4.90 Å². The van der Waals surface area contributed by atoms with Gasteiger partial charge in [-0.1, -0.05) is 15.9 Å². The zero-order valence-corrected chi connectivity index (χ0v) is 13.6. The van der Waals surface area contributed by atoms with E-state index >= 15 is 0 Å². The number of nitrogens with one attached hydrogen (secondary N) is 1. The summed E-state index contributed by atoms with van der Waals surface area (Å²) >= 11 is 3.36. The maximum absolute atomic E-state index is 12.2. The van der Waals surface area contributed by atoms with Crippen molar-refractivity contribution in [2.24, 2.45) is 0 Å². The van der Waals surface area contributed by atoms with Gasteiger partial charge in [0.2, 0.25) is 10.0 Å². The molecule has 1 heterocycles. The van der Waals surface area contributed by atoms with Crippen LogP contribution in [0.25, 0.3) is 0 Å². The van der Waals surface area contributed by atoms with Gasteiger partial charge < -0.3 is 0 Å². The van der Waals surface area contributed by atoms with Crippen molar-refractivity contribution in [2.45, 2.75) is 25.3 Å². The second-order valence-corrected chi connectivity index (χ2v) is 7.16. The molecule has 6 heteroatoms. The van der Waals surface area contributed by atoms with Gasteiger partial charge in [-0.05, 0) is 54.8 Å². The first-order valence-corrected chi connectivity index (χ1v) is 8.33. The van der Waals surface area contributed by atoms with Gasteiger partial charge in [-0.3, -0.25) is 4.98 Å². The number of pyridine rings is 1. The topological polar surface area (TPSA) is 59.1 Å². The lowest BCUT2D eigenvalue weighted by Gasteiger charge is -2.09. The van der Waals surface area contributed by atoms with Crippen LogP contribution in [0.3, 0.4) is 0 Å². The summed E-state index contributed by atoms with van der Waals surface area (Å²) in [5.74, 6) is 0. The molecule has 1 aromatic heterocycles. The van der Waals surface area contributed by atoms with Crippen LogP contribution in [-0.2, 0) is 16.6 Å². The molecule has 2 aromatic rings. The van der Waals surface area contributed by atoms with E-state index in [0.717, 1.165) is 21.2 Å². The fourth-order valence-electron chi connectivity index (χ4n) is 1.74. The average Bonchev–Trinajstić information content (AvgIpc) is 2.41. The SMILES string of the molecule is Cc1cc(S(=O)(=O)NCc2ccncc2C)ccc1Br. The number of rotatable bonds is 4. The summed E-state index contributed by atoms with van der Waals surface area (Å²) in [7, 11) is -3.51. The van der Waals surface area contributed by atoms with Crippen molar-refractivity contribution in [3.63, 3.8) is 0 Å². The van der Waals surface area contributed by atoms with E-state index in [9.17, 15) is 8.42 Å². The predicted octanol–water partition coefficient (Wildman–Crippen LogP) is 2.94. The Kier molecular flexibility index (Phi) is 4.57. The lowest BCUT2D eigenvalue weighted by atomic mass is 10.2. The van der Waals surface area contributed by atoms with Gasteiger partial charge in [0, 0.05) is 23.4 Å². The summed E-state index contributed by atoms with van der Waals surface area (Å²) in [6.45, 7) is 4.02. The molecule has 0 radical (unpaired) electrons. The van der Waals surface area contributed by atoms with Crippen molar-refractivity contribution in [2.75, 3.05) is 0 Å². The molecule has 0 aliphatic carbocycles. The second kappa shape index (κ2) is 6.03. The molecule has 2 rings (SSSR count). The maximum Gasteiger partial charge on any atom is 0.240 e. The minimum absolute atomic E-state index is 0.256. The van der Waals surface area contributed by atoms with E-state index in [4.69, 9.17) is 0 Å². The van der Waals surface area contributed by atoms with Crippen LogP contribution >= 0.6 is 15.9 Å². The Morgan fingerprint density at radius 3 is 2.60 bits per heavy atom. The molecular formula is C14H15BrN2O2S. The maximum atomic E-state index is 12.2. The van der Waals surface area contributed by atoms with Gasteiger partial charge in [0.15, 0.2) is 0 Å². The number of sulfonamides is 1. The predicted molar refractivity (Wildman–Crippen MR) is 81.9 cm³/mol. The fraction of sp³-hybridized carbons (Fsp3) is 0.214. The van der Waals surface area contributed by atoms with Crippen LogP contribution in [0.4, 0.5) is 0 Å². The van der Waals surface area contributed by atoms with Crippen molar-refractivity contribution in [1.29, 1.82) is 0 Å². The van der Waals surface area contributed by atoms with Gasteiger partial charge in [0.1, 0.15) is 0 Å². The minimum Gasteiger partial charge on any atom is -0.264 e. The number of aromatic nitrogens is 1. The fourth-order valence-corrected chi connectivity index (χ4v) is 3.08. The molecule has 0 saturated heterocycles. The summed E-state index contributed by atoms with van der Waals surface area (Å²) in [6.07, 6.45) is 3.37. The van der Waals surface area contributed by atoms with E-state index in [1.165, 1.54) is 0 Å². The third-order valence-corrected chi connectivity index (χ3v) is 5.32. The highest BCUT2D eigenvalue weighted by Crippen LogP contribution is 2.20. The summed E-state index contributed by atoms with van der Waals surface area (Å²) in [6, 6.07) is 6.77. The second-order valence-electron chi connectivity index (χ2n) is 4.54. The monoisotopic (exact) mass is 354 g/mol. The van der Waals surface area contributed by atoms with Crippen molar-refractivity contribution in [3.8, 4) is 0 Å². The van der Waals surface area contributed by atoms with E-state index in [2.05, 4.69) is 25.6 Å². The highest BCUT2D eigenvalue weighted by atomic mass is 79.9. The van der Waals surface area contributed by atoms with Crippen molar-refractivity contribution in [3.05, 3.63) is 57.8 Å². The zero-order chi connectivity index (χ0) is 14.8. The Hall–Kier alpha value is -1.24. The van der Waals surface area contributed by atoms with Gasteiger partial charge in [-0.25, -0.2) is 13.1 Å². The number of benzene rings is 1. The standard InChI is InChI=1S/C14H15BrN2O2S/c1-10-7-13(3-4-14(10)15)20(18,19)17-9-12-5-6-16-8-11(12)2/h3-8,17H,9H2,1-2H3. The van der Waals surface area contributed by atoms with Crippen LogP contribution in [0.5, 0.6) is 0 Å². The van der Waals surface area contributed by atoms with Crippen LogP contribution in [0, 0.1) is 13.8 Å². The Bertz CT molecular complexity index is 730. The number of aryl methyl sites for hydroxylation is 2. The Morgan fingerprint density at radius 1 is 1.20 bits per heavy atom. The van der Waals surface area contributed by atoms with Crippen LogP contribution in [0.2, 0.25) is 0 Å². The summed E-state index contributed by atoms with van der Waals surface area (Å²) in [5.41, 5.74) is 2.76. The molecule has 0 atom stereocenters. The van der Waals surface area contributed by atoms with Crippen molar-refractivity contribution < 1.29 is 8.42 Å². The normalized spacial score (nSPS) is 11.6. The van der Waals surface area contributed by atoms with Gasteiger partial charge in [-0.15, -0.1) is 0 Å². The lowest BCUT2D eigenvalue weighted by Crippen LogP contribution is -2.23. The molecule has 1 N–H and O–H groups in total. The van der Waals surface area contributed by atoms with E-state index < -0.39 is 10.0 Å². The van der Waals surface area contributed by atoms with Crippen LogP contribution in [0.15, 0.2) is 46.0 Å². The largest absolute Gasteiger partial charge is 0.264 e. The Balaban J connectivity index is 2.19. The molecule has 0 unspecified atom stereocenters. The average molecular weight is 355 g/mol. The lowest BCUT2D eigenvalue weighted by molar-refractivity contribution is 0.581. The van der Waals surface area contributed by atoms with E-state index in [1.54, 1.807) is 30.6 Å². The molecule has 0 aliphatic rings. The minimum atomic E-state index is -3.51.